The number of pyridine rings is 1. The molecule has 0 radical (unpaired) electrons. The van der Waals surface area contributed by atoms with Crippen molar-refractivity contribution in [1.82, 2.24) is 10.3 Å². The number of rotatable bonds is 8. The number of unbranched alkanes of at least 4 members (excludes halogenated alkanes) is 1. The van der Waals surface area contributed by atoms with E-state index in [9.17, 15) is 0 Å². The number of hydrogen-bond donors (Lipinski definition) is 1. The van der Waals surface area contributed by atoms with Gasteiger partial charge in [0.15, 0.2) is 0 Å². The molecular weight excluding hydrogens is 248 g/mol. The van der Waals surface area contributed by atoms with Crippen molar-refractivity contribution in [2.24, 2.45) is 0 Å². The molecule has 3 nitrogen and oxygen atoms in total. The summed E-state index contributed by atoms with van der Waals surface area (Å²) in [5.74, 6) is 0.768. The third kappa shape index (κ3) is 3.94. The molecule has 3 heteroatoms. The lowest BCUT2D eigenvalue weighted by atomic mass is 10.1. The van der Waals surface area contributed by atoms with Crippen LogP contribution in [0, 0.1) is 0 Å². The molecule has 0 aliphatic heterocycles. The Morgan fingerprint density at radius 3 is 2.80 bits per heavy atom. The van der Waals surface area contributed by atoms with Gasteiger partial charge < -0.3 is 10.1 Å². The van der Waals surface area contributed by atoms with Crippen LogP contribution in [0.5, 0.6) is 5.88 Å². The van der Waals surface area contributed by atoms with Crippen molar-refractivity contribution in [3.8, 4) is 5.88 Å². The third-order valence-corrected chi connectivity index (χ3v) is 3.23. The van der Waals surface area contributed by atoms with E-state index in [0.29, 0.717) is 0 Å². The topological polar surface area (TPSA) is 34.1 Å². The van der Waals surface area contributed by atoms with Crippen molar-refractivity contribution in [1.29, 1.82) is 0 Å². The largest absolute Gasteiger partial charge is 0.477 e. The summed E-state index contributed by atoms with van der Waals surface area (Å²) in [4.78, 5) is 4.66. The molecule has 1 N–H and O–H groups in total. The molecule has 0 unspecified atom stereocenters. The molecule has 0 atom stereocenters. The van der Waals surface area contributed by atoms with Gasteiger partial charge in [0.2, 0.25) is 5.88 Å². The first-order valence-corrected chi connectivity index (χ1v) is 7.57. The minimum atomic E-state index is 0.735. The predicted molar refractivity (Wildman–Crippen MR) is 84.1 cm³/mol. The quantitative estimate of drug-likeness (QED) is 0.740. The van der Waals surface area contributed by atoms with E-state index in [1.54, 1.807) is 0 Å². The lowest BCUT2D eigenvalue weighted by molar-refractivity contribution is 0.300. The average molecular weight is 272 g/mol. The molecule has 20 heavy (non-hydrogen) atoms. The molecule has 0 aliphatic carbocycles. The van der Waals surface area contributed by atoms with Gasteiger partial charge in [0, 0.05) is 11.9 Å². The van der Waals surface area contributed by atoms with Gasteiger partial charge in [-0.25, -0.2) is 4.98 Å². The van der Waals surface area contributed by atoms with E-state index in [0.717, 1.165) is 55.9 Å². The van der Waals surface area contributed by atoms with Gasteiger partial charge in [-0.05, 0) is 36.9 Å². The van der Waals surface area contributed by atoms with Gasteiger partial charge >= 0.3 is 0 Å². The highest BCUT2D eigenvalue weighted by Gasteiger charge is 2.06. The molecule has 2 aromatic rings. The fourth-order valence-electron chi connectivity index (χ4n) is 2.13. The maximum atomic E-state index is 5.87. The van der Waals surface area contributed by atoms with E-state index in [1.165, 1.54) is 5.39 Å². The highest BCUT2D eigenvalue weighted by atomic mass is 16.5. The molecule has 0 spiro atoms. The Morgan fingerprint density at radius 1 is 1.15 bits per heavy atom. The number of fused-ring (bicyclic) bond motifs is 1. The van der Waals surface area contributed by atoms with Crippen molar-refractivity contribution in [3.05, 3.63) is 36.0 Å². The van der Waals surface area contributed by atoms with E-state index < -0.39 is 0 Å². The van der Waals surface area contributed by atoms with Crippen LogP contribution in [0.25, 0.3) is 10.8 Å². The fourth-order valence-corrected chi connectivity index (χ4v) is 2.13. The second kappa shape index (κ2) is 7.85. The van der Waals surface area contributed by atoms with Crippen molar-refractivity contribution in [3.63, 3.8) is 0 Å². The lowest BCUT2D eigenvalue weighted by Gasteiger charge is -2.11. The van der Waals surface area contributed by atoms with E-state index in [1.807, 2.05) is 6.07 Å². The maximum Gasteiger partial charge on any atom is 0.221 e. The minimum absolute atomic E-state index is 0.735. The number of nitrogens with zero attached hydrogens (tertiary/aromatic N) is 1. The normalized spacial score (nSPS) is 10.9. The number of benzene rings is 1. The zero-order chi connectivity index (χ0) is 14.2. The summed E-state index contributed by atoms with van der Waals surface area (Å²) in [6.07, 6.45) is 3.33. The Labute approximate surface area is 121 Å². The SMILES string of the molecule is CCCCOc1nc(CNCCC)cc2ccccc12. The second-order valence-corrected chi connectivity index (χ2v) is 5.02. The van der Waals surface area contributed by atoms with Crippen LogP contribution in [-0.2, 0) is 6.54 Å². The average Bonchev–Trinajstić information content (AvgIpc) is 2.48. The Balaban J connectivity index is 2.21. The first-order valence-electron chi connectivity index (χ1n) is 7.57. The summed E-state index contributed by atoms with van der Waals surface area (Å²) in [7, 11) is 0. The molecule has 0 aliphatic rings. The summed E-state index contributed by atoms with van der Waals surface area (Å²) in [6.45, 7) is 6.88. The van der Waals surface area contributed by atoms with Crippen LogP contribution in [0.15, 0.2) is 30.3 Å². The molecule has 0 bridgehead atoms. The van der Waals surface area contributed by atoms with Crippen molar-refractivity contribution >= 4 is 10.8 Å². The molecule has 108 valence electrons. The Morgan fingerprint density at radius 2 is 2.00 bits per heavy atom. The molecule has 0 saturated heterocycles. The van der Waals surface area contributed by atoms with Crippen LogP contribution in [0.4, 0.5) is 0 Å². The van der Waals surface area contributed by atoms with E-state index in [2.05, 4.69) is 48.4 Å². The van der Waals surface area contributed by atoms with Gasteiger partial charge in [-0.15, -0.1) is 0 Å². The summed E-state index contributed by atoms with van der Waals surface area (Å²) < 4.78 is 5.87. The van der Waals surface area contributed by atoms with Gasteiger partial charge in [-0.2, -0.15) is 0 Å². The Bertz CT molecular complexity index is 540. The third-order valence-electron chi connectivity index (χ3n) is 3.23. The van der Waals surface area contributed by atoms with E-state index >= 15 is 0 Å². The van der Waals surface area contributed by atoms with Crippen LogP contribution < -0.4 is 10.1 Å². The van der Waals surface area contributed by atoms with E-state index in [-0.39, 0.29) is 0 Å². The summed E-state index contributed by atoms with van der Waals surface area (Å²) >= 11 is 0. The molecule has 0 fully saturated rings. The van der Waals surface area contributed by atoms with Gasteiger partial charge in [0.1, 0.15) is 0 Å². The molecule has 2 rings (SSSR count). The second-order valence-electron chi connectivity index (χ2n) is 5.02. The van der Waals surface area contributed by atoms with Crippen molar-refractivity contribution in [2.75, 3.05) is 13.2 Å². The first-order chi connectivity index (χ1) is 9.85. The van der Waals surface area contributed by atoms with Crippen molar-refractivity contribution < 1.29 is 4.74 Å². The Kier molecular flexibility index (Phi) is 5.81. The van der Waals surface area contributed by atoms with Crippen LogP contribution in [0.3, 0.4) is 0 Å². The molecule has 0 amide bonds. The molecule has 1 aromatic heterocycles. The Hall–Kier alpha value is -1.61. The highest BCUT2D eigenvalue weighted by Crippen LogP contribution is 2.24. The number of aromatic nitrogens is 1. The smallest absolute Gasteiger partial charge is 0.221 e. The zero-order valence-corrected chi connectivity index (χ0v) is 12.5. The summed E-state index contributed by atoms with van der Waals surface area (Å²) in [5, 5.41) is 5.69. The monoisotopic (exact) mass is 272 g/mol. The lowest BCUT2D eigenvalue weighted by Crippen LogP contribution is -2.15. The fraction of sp³-hybridized carbons (Fsp3) is 0.471. The number of nitrogens with one attached hydrogen (secondary N) is 1. The summed E-state index contributed by atoms with van der Waals surface area (Å²) in [5.41, 5.74) is 1.05. The van der Waals surface area contributed by atoms with Gasteiger partial charge in [-0.3, -0.25) is 0 Å². The predicted octanol–water partition coefficient (Wildman–Crippen LogP) is 3.91. The van der Waals surface area contributed by atoms with Gasteiger partial charge in [0.25, 0.3) is 0 Å². The molecule has 0 saturated carbocycles. The highest BCUT2D eigenvalue weighted by molar-refractivity contribution is 5.87. The van der Waals surface area contributed by atoms with Crippen LogP contribution in [-0.4, -0.2) is 18.1 Å². The zero-order valence-electron chi connectivity index (χ0n) is 12.5. The van der Waals surface area contributed by atoms with Crippen LogP contribution >= 0.6 is 0 Å². The number of hydrogen-bond acceptors (Lipinski definition) is 3. The minimum Gasteiger partial charge on any atom is -0.477 e. The van der Waals surface area contributed by atoms with Crippen molar-refractivity contribution in [2.45, 2.75) is 39.7 Å². The van der Waals surface area contributed by atoms with E-state index in [4.69, 9.17) is 4.74 Å². The first kappa shape index (κ1) is 14.8. The number of ether oxygens (including phenoxy) is 1. The molecular formula is C17H24N2O. The molecule has 1 aromatic carbocycles. The van der Waals surface area contributed by atoms with Crippen LogP contribution in [0.1, 0.15) is 38.8 Å². The van der Waals surface area contributed by atoms with Gasteiger partial charge in [0.05, 0.1) is 12.3 Å². The summed E-state index contributed by atoms with van der Waals surface area (Å²) in [6, 6.07) is 10.4. The molecule has 1 heterocycles. The maximum absolute atomic E-state index is 5.87. The van der Waals surface area contributed by atoms with Gasteiger partial charge in [-0.1, -0.05) is 38.5 Å². The standard InChI is InChI=1S/C17H24N2O/c1-3-5-11-20-17-16-9-7-6-8-14(16)12-15(19-17)13-18-10-4-2/h6-9,12,18H,3-5,10-11,13H2,1-2H3. The van der Waals surface area contributed by atoms with Crippen LogP contribution in [0.2, 0.25) is 0 Å².